The van der Waals surface area contributed by atoms with Crippen LogP contribution in [0.3, 0.4) is 0 Å². The second kappa shape index (κ2) is 5.42. The molecule has 0 aliphatic carbocycles. The topological polar surface area (TPSA) is 87.6 Å². The van der Waals surface area contributed by atoms with Crippen LogP contribution in [0, 0.1) is 5.41 Å². The zero-order valence-electron chi connectivity index (χ0n) is 11.5. The predicted octanol–water partition coefficient (Wildman–Crippen LogP) is 1.59. The van der Waals surface area contributed by atoms with E-state index < -0.39 is 0 Å². The van der Waals surface area contributed by atoms with Crippen LogP contribution in [-0.2, 0) is 0 Å². The van der Waals surface area contributed by atoms with Gasteiger partial charge in [0.1, 0.15) is 5.69 Å². The minimum Gasteiger partial charge on any atom is -0.409 e. The van der Waals surface area contributed by atoms with Gasteiger partial charge in [-0.1, -0.05) is 19.0 Å². The third-order valence-electron chi connectivity index (χ3n) is 3.64. The van der Waals surface area contributed by atoms with E-state index in [4.69, 9.17) is 10.9 Å². The summed E-state index contributed by atoms with van der Waals surface area (Å²) in [7, 11) is 0. The summed E-state index contributed by atoms with van der Waals surface area (Å²) in [6.45, 7) is 6.48. The Morgan fingerprint density at radius 3 is 2.95 bits per heavy atom. The molecular formula is C13H21N5O. The number of hydrogen-bond acceptors (Lipinski definition) is 5. The third-order valence-corrected chi connectivity index (χ3v) is 3.64. The van der Waals surface area contributed by atoms with Gasteiger partial charge in [0.15, 0.2) is 5.84 Å². The molecule has 2 rings (SSSR count). The lowest BCUT2D eigenvalue weighted by molar-refractivity contribution is 0.318. The molecule has 1 aromatic rings. The van der Waals surface area contributed by atoms with E-state index in [2.05, 4.69) is 33.9 Å². The Morgan fingerprint density at radius 1 is 1.42 bits per heavy atom. The van der Waals surface area contributed by atoms with Crippen molar-refractivity contribution in [3.8, 4) is 0 Å². The zero-order chi connectivity index (χ0) is 13.9. The fourth-order valence-corrected chi connectivity index (χ4v) is 2.32. The SMILES string of the molecule is CC1(C)CCCN(c2nccc(/C(N)=N/O)n2)CC1. The highest BCUT2D eigenvalue weighted by Crippen LogP contribution is 2.30. The van der Waals surface area contributed by atoms with Gasteiger partial charge in [-0.15, -0.1) is 0 Å². The Hall–Kier alpha value is -1.85. The molecule has 19 heavy (non-hydrogen) atoms. The van der Waals surface area contributed by atoms with Gasteiger partial charge in [-0.2, -0.15) is 0 Å². The molecule has 1 saturated heterocycles. The van der Waals surface area contributed by atoms with Gasteiger partial charge in [0.05, 0.1) is 0 Å². The van der Waals surface area contributed by atoms with Crippen molar-refractivity contribution in [3.05, 3.63) is 18.0 Å². The third kappa shape index (κ3) is 3.33. The summed E-state index contributed by atoms with van der Waals surface area (Å²) >= 11 is 0. The molecule has 1 aromatic heterocycles. The lowest BCUT2D eigenvalue weighted by atomic mass is 9.85. The van der Waals surface area contributed by atoms with E-state index in [1.165, 1.54) is 6.42 Å². The Kier molecular flexibility index (Phi) is 3.87. The molecule has 0 unspecified atom stereocenters. The molecule has 1 aliphatic heterocycles. The standard InChI is InChI=1S/C13H21N5O/c1-13(2)5-3-8-18(9-6-13)12-15-7-4-10(16-12)11(14)17-19/h4,7,19H,3,5-6,8-9H2,1-2H3,(H2,14,17). The normalized spacial score (nSPS) is 20.1. The van der Waals surface area contributed by atoms with Gasteiger partial charge in [0, 0.05) is 19.3 Å². The fraction of sp³-hybridized carbons (Fsp3) is 0.615. The summed E-state index contributed by atoms with van der Waals surface area (Å²) in [6.07, 6.45) is 5.10. The van der Waals surface area contributed by atoms with Crippen molar-refractivity contribution in [2.45, 2.75) is 33.1 Å². The highest BCUT2D eigenvalue weighted by Gasteiger charge is 2.24. The van der Waals surface area contributed by atoms with Crippen molar-refractivity contribution in [1.29, 1.82) is 0 Å². The van der Waals surface area contributed by atoms with Crippen LogP contribution < -0.4 is 10.6 Å². The van der Waals surface area contributed by atoms with Crippen LogP contribution in [0.1, 0.15) is 38.8 Å². The number of oxime groups is 1. The fourth-order valence-electron chi connectivity index (χ4n) is 2.32. The maximum absolute atomic E-state index is 8.69. The first kappa shape index (κ1) is 13.6. The van der Waals surface area contributed by atoms with Crippen LogP contribution >= 0.6 is 0 Å². The molecule has 6 nitrogen and oxygen atoms in total. The van der Waals surface area contributed by atoms with Crippen molar-refractivity contribution in [1.82, 2.24) is 9.97 Å². The predicted molar refractivity (Wildman–Crippen MR) is 74.4 cm³/mol. The number of aromatic nitrogens is 2. The van der Waals surface area contributed by atoms with Crippen LogP contribution in [-0.4, -0.2) is 34.1 Å². The van der Waals surface area contributed by atoms with E-state index in [-0.39, 0.29) is 5.84 Å². The van der Waals surface area contributed by atoms with Crippen LogP contribution in [0.5, 0.6) is 0 Å². The minimum atomic E-state index is 0.0128. The number of nitrogens with zero attached hydrogens (tertiary/aromatic N) is 4. The molecule has 0 amide bonds. The van der Waals surface area contributed by atoms with Crippen molar-refractivity contribution in [2.75, 3.05) is 18.0 Å². The average molecular weight is 263 g/mol. The molecule has 1 aliphatic rings. The molecular weight excluding hydrogens is 242 g/mol. The largest absolute Gasteiger partial charge is 0.409 e. The maximum atomic E-state index is 8.69. The van der Waals surface area contributed by atoms with Crippen LogP contribution in [0.15, 0.2) is 17.4 Å². The number of anilines is 1. The van der Waals surface area contributed by atoms with E-state index in [9.17, 15) is 0 Å². The monoisotopic (exact) mass is 263 g/mol. The maximum Gasteiger partial charge on any atom is 0.225 e. The molecule has 6 heteroatoms. The van der Waals surface area contributed by atoms with E-state index in [0.717, 1.165) is 25.9 Å². The summed E-state index contributed by atoms with van der Waals surface area (Å²) in [4.78, 5) is 10.8. The van der Waals surface area contributed by atoms with Gasteiger partial charge in [-0.3, -0.25) is 0 Å². The first-order valence-corrected chi connectivity index (χ1v) is 6.58. The van der Waals surface area contributed by atoms with Gasteiger partial charge >= 0.3 is 0 Å². The highest BCUT2D eigenvalue weighted by atomic mass is 16.4. The first-order valence-electron chi connectivity index (χ1n) is 6.58. The van der Waals surface area contributed by atoms with Gasteiger partial charge in [0.2, 0.25) is 5.95 Å². The molecule has 2 heterocycles. The van der Waals surface area contributed by atoms with E-state index in [0.29, 0.717) is 17.1 Å². The average Bonchev–Trinajstić information content (AvgIpc) is 2.59. The number of amidine groups is 1. The summed E-state index contributed by atoms with van der Waals surface area (Å²) in [5, 5.41) is 11.7. The van der Waals surface area contributed by atoms with Crippen molar-refractivity contribution in [2.24, 2.45) is 16.3 Å². The summed E-state index contributed by atoms with van der Waals surface area (Å²) in [5.74, 6) is 0.667. The number of hydrogen-bond donors (Lipinski definition) is 2. The molecule has 0 radical (unpaired) electrons. The summed E-state index contributed by atoms with van der Waals surface area (Å²) in [5.41, 5.74) is 6.39. The van der Waals surface area contributed by atoms with Crippen LogP contribution in [0.4, 0.5) is 5.95 Å². The van der Waals surface area contributed by atoms with E-state index in [1.54, 1.807) is 12.3 Å². The Labute approximate surface area is 113 Å². The number of rotatable bonds is 2. The molecule has 104 valence electrons. The van der Waals surface area contributed by atoms with Crippen molar-refractivity contribution in [3.63, 3.8) is 0 Å². The second-order valence-corrected chi connectivity index (χ2v) is 5.73. The molecule has 0 bridgehead atoms. The van der Waals surface area contributed by atoms with Gasteiger partial charge in [-0.25, -0.2) is 9.97 Å². The lowest BCUT2D eigenvalue weighted by Crippen LogP contribution is -2.28. The molecule has 3 N–H and O–H groups in total. The van der Waals surface area contributed by atoms with Gasteiger partial charge in [0.25, 0.3) is 0 Å². The van der Waals surface area contributed by atoms with Crippen molar-refractivity contribution >= 4 is 11.8 Å². The van der Waals surface area contributed by atoms with E-state index in [1.807, 2.05) is 0 Å². The molecule has 1 fully saturated rings. The molecule has 0 atom stereocenters. The van der Waals surface area contributed by atoms with Crippen LogP contribution in [0.25, 0.3) is 0 Å². The Balaban J connectivity index is 2.18. The van der Waals surface area contributed by atoms with Crippen molar-refractivity contribution < 1.29 is 5.21 Å². The lowest BCUT2D eigenvalue weighted by Gasteiger charge is -2.23. The molecule has 0 saturated carbocycles. The van der Waals surface area contributed by atoms with E-state index >= 15 is 0 Å². The summed E-state index contributed by atoms with van der Waals surface area (Å²) in [6, 6.07) is 1.64. The smallest absolute Gasteiger partial charge is 0.225 e. The second-order valence-electron chi connectivity index (χ2n) is 5.73. The Bertz CT molecular complexity index is 472. The quantitative estimate of drug-likeness (QED) is 0.366. The van der Waals surface area contributed by atoms with Gasteiger partial charge < -0.3 is 15.8 Å². The zero-order valence-corrected chi connectivity index (χ0v) is 11.5. The Morgan fingerprint density at radius 2 is 2.21 bits per heavy atom. The van der Waals surface area contributed by atoms with Crippen LogP contribution in [0.2, 0.25) is 0 Å². The van der Waals surface area contributed by atoms with Gasteiger partial charge in [-0.05, 0) is 30.7 Å². The first-order chi connectivity index (χ1) is 9.02. The molecule has 0 aromatic carbocycles. The number of nitrogens with two attached hydrogens (primary N) is 1. The minimum absolute atomic E-state index is 0.0128. The summed E-state index contributed by atoms with van der Waals surface area (Å²) < 4.78 is 0. The molecule has 0 spiro atoms. The highest BCUT2D eigenvalue weighted by molar-refractivity contribution is 5.95.